The lowest BCUT2D eigenvalue weighted by atomic mass is 9.67. The van der Waals surface area contributed by atoms with Crippen molar-refractivity contribution in [2.24, 2.45) is 0 Å². The molecule has 1 aliphatic heterocycles. The van der Waals surface area contributed by atoms with Gasteiger partial charge in [-0.05, 0) is 54.1 Å². The topological polar surface area (TPSA) is 0 Å². The molecule has 0 saturated carbocycles. The van der Waals surface area contributed by atoms with Gasteiger partial charge in [-0.25, -0.2) is 0 Å². The molecule has 0 atom stereocenters. The Morgan fingerprint density at radius 1 is 0.316 bits per heavy atom. The Morgan fingerprint density at radius 2 is 0.658 bits per heavy atom. The third kappa shape index (κ3) is 2.54. The van der Waals surface area contributed by atoms with Crippen LogP contribution in [0.3, 0.4) is 0 Å². The number of hydrogen-bond donors (Lipinski definition) is 0. The summed E-state index contributed by atoms with van der Waals surface area (Å²) in [6.07, 6.45) is 0. The fraction of sp³-hybridized carbons (Fsp3) is 0.0270. The first-order valence-electron chi connectivity index (χ1n) is 13.4. The van der Waals surface area contributed by atoms with Crippen molar-refractivity contribution in [3.63, 3.8) is 0 Å². The average Bonchev–Trinajstić information content (AvgIpc) is 3.30. The molecule has 0 saturated heterocycles. The molecule has 1 heteroatoms. The summed E-state index contributed by atoms with van der Waals surface area (Å²) in [6.45, 7) is 0. The van der Waals surface area contributed by atoms with Crippen LogP contribution in [0.5, 0.6) is 0 Å². The van der Waals surface area contributed by atoms with Crippen molar-refractivity contribution >= 4 is 28.8 Å². The SMILES string of the molecule is c1ccc([Si]2(c3ccccc3)c3ccccc3C3(c4ccccc4-c4ccccc43)c3ccccc32)cc1. The minimum absolute atomic E-state index is 0.347. The van der Waals surface area contributed by atoms with E-state index in [4.69, 9.17) is 0 Å². The Bertz CT molecular complexity index is 1640. The van der Waals surface area contributed by atoms with E-state index in [0.717, 1.165) is 0 Å². The Hall–Kier alpha value is -4.46. The molecule has 0 nitrogen and oxygen atoms in total. The molecule has 1 heterocycles. The lowest BCUT2D eigenvalue weighted by Gasteiger charge is -2.48. The molecule has 0 unspecified atom stereocenters. The molecule has 0 fully saturated rings. The highest BCUT2D eigenvalue weighted by molar-refractivity contribution is 7.20. The van der Waals surface area contributed by atoms with Crippen LogP contribution < -0.4 is 20.7 Å². The van der Waals surface area contributed by atoms with Gasteiger partial charge in [-0.2, -0.15) is 0 Å². The molecular formula is C37H26Si. The van der Waals surface area contributed by atoms with Crippen molar-refractivity contribution in [3.8, 4) is 11.1 Å². The maximum absolute atomic E-state index is 2.61. The molecule has 6 aromatic rings. The molecule has 38 heavy (non-hydrogen) atoms. The molecule has 0 radical (unpaired) electrons. The standard InChI is InChI=1S/C37H26Si/c1-3-15-27(16-4-1)38(28-17-5-2-6-18-28)35-25-13-11-23-33(35)37(34-24-12-14-26-36(34)38)31-21-9-7-19-29(31)30-20-8-10-22-32(30)37/h1-26H. The van der Waals surface area contributed by atoms with Gasteiger partial charge in [0.1, 0.15) is 0 Å². The van der Waals surface area contributed by atoms with Gasteiger partial charge in [0.2, 0.25) is 0 Å². The van der Waals surface area contributed by atoms with E-state index >= 15 is 0 Å². The minimum atomic E-state index is -2.61. The fourth-order valence-electron chi connectivity index (χ4n) is 7.54. The second kappa shape index (κ2) is 8.02. The van der Waals surface area contributed by atoms with Crippen LogP contribution in [0.2, 0.25) is 0 Å². The molecule has 8 rings (SSSR count). The summed E-state index contributed by atoms with van der Waals surface area (Å²) in [5.74, 6) is 0. The van der Waals surface area contributed by atoms with Gasteiger partial charge in [0.05, 0.1) is 5.41 Å². The van der Waals surface area contributed by atoms with E-state index in [2.05, 4.69) is 158 Å². The predicted molar refractivity (Wildman–Crippen MR) is 161 cm³/mol. The molecular weight excluding hydrogens is 472 g/mol. The molecule has 178 valence electrons. The third-order valence-corrected chi connectivity index (χ3v) is 13.7. The van der Waals surface area contributed by atoms with Gasteiger partial charge in [-0.3, -0.25) is 0 Å². The maximum Gasteiger partial charge on any atom is 0.180 e. The normalized spacial score (nSPS) is 15.3. The van der Waals surface area contributed by atoms with Crippen molar-refractivity contribution in [2.45, 2.75) is 5.41 Å². The van der Waals surface area contributed by atoms with Crippen molar-refractivity contribution in [1.29, 1.82) is 0 Å². The first-order valence-corrected chi connectivity index (χ1v) is 15.4. The van der Waals surface area contributed by atoms with E-state index in [1.165, 1.54) is 54.1 Å². The first-order chi connectivity index (χ1) is 18.9. The molecule has 0 amide bonds. The summed E-state index contributed by atoms with van der Waals surface area (Å²) in [5, 5.41) is 5.84. The van der Waals surface area contributed by atoms with Crippen LogP contribution in [0.25, 0.3) is 11.1 Å². The lowest BCUT2D eigenvalue weighted by Crippen LogP contribution is -2.79. The van der Waals surface area contributed by atoms with Crippen LogP contribution in [0.4, 0.5) is 0 Å². The van der Waals surface area contributed by atoms with E-state index in [1.807, 2.05) is 0 Å². The highest BCUT2D eigenvalue weighted by Gasteiger charge is 2.57. The van der Waals surface area contributed by atoms with Crippen LogP contribution in [-0.2, 0) is 5.41 Å². The van der Waals surface area contributed by atoms with Gasteiger partial charge in [0.15, 0.2) is 8.07 Å². The van der Waals surface area contributed by atoms with Crippen LogP contribution in [0.15, 0.2) is 158 Å². The molecule has 0 bridgehead atoms. The van der Waals surface area contributed by atoms with Crippen LogP contribution in [0.1, 0.15) is 22.3 Å². The number of benzene rings is 6. The average molecular weight is 499 g/mol. The zero-order valence-corrected chi connectivity index (χ0v) is 22.0. The molecule has 1 spiro atoms. The molecule has 1 aliphatic carbocycles. The molecule has 6 aromatic carbocycles. The smallest absolute Gasteiger partial charge is 0.0623 e. The van der Waals surface area contributed by atoms with Crippen LogP contribution >= 0.6 is 0 Å². The van der Waals surface area contributed by atoms with Crippen molar-refractivity contribution < 1.29 is 0 Å². The monoisotopic (exact) mass is 498 g/mol. The second-order valence-corrected chi connectivity index (χ2v) is 14.1. The summed E-state index contributed by atoms with van der Waals surface area (Å²) in [5.41, 5.74) is 7.99. The Labute approximate surface area is 224 Å². The fourth-order valence-corrected chi connectivity index (χ4v) is 12.8. The van der Waals surface area contributed by atoms with Gasteiger partial charge in [0, 0.05) is 0 Å². The molecule has 0 aromatic heterocycles. The third-order valence-electron chi connectivity index (χ3n) is 8.84. The summed E-state index contributed by atoms with van der Waals surface area (Å²) in [6, 6.07) is 59.4. The van der Waals surface area contributed by atoms with E-state index in [-0.39, 0.29) is 5.41 Å². The summed E-state index contributed by atoms with van der Waals surface area (Å²) >= 11 is 0. The zero-order chi connectivity index (χ0) is 25.2. The summed E-state index contributed by atoms with van der Waals surface area (Å²) < 4.78 is 0. The molecule has 2 aliphatic rings. The van der Waals surface area contributed by atoms with E-state index in [0.29, 0.717) is 0 Å². The van der Waals surface area contributed by atoms with Crippen molar-refractivity contribution in [3.05, 3.63) is 180 Å². The first kappa shape index (κ1) is 21.6. The van der Waals surface area contributed by atoms with E-state index in [9.17, 15) is 0 Å². The highest BCUT2D eigenvalue weighted by atomic mass is 28.3. The van der Waals surface area contributed by atoms with Gasteiger partial charge in [0.25, 0.3) is 0 Å². The summed E-state index contributed by atoms with van der Waals surface area (Å²) in [4.78, 5) is 0. The van der Waals surface area contributed by atoms with Gasteiger partial charge < -0.3 is 0 Å². The minimum Gasteiger partial charge on any atom is -0.0623 e. The van der Waals surface area contributed by atoms with Crippen LogP contribution in [-0.4, -0.2) is 8.07 Å². The Balaban J connectivity index is 1.62. The van der Waals surface area contributed by atoms with Crippen molar-refractivity contribution in [1.82, 2.24) is 0 Å². The maximum atomic E-state index is 2.43. The largest absolute Gasteiger partial charge is 0.180 e. The van der Waals surface area contributed by atoms with Crippen molar-refractivity contribution in [2.75, 3.05) is 0 Å². The highest BCUT2D eigenvalue weighted by Crippen LogP contribution is 2.56. The van der Waals surface area contributed by atoms with Crippen LogP contribution in [0, 0.1) is 0 Å². The number of rotatable bonds is 2. The van der Waals surface area contributed by atoms with E-state index < -0.39 is 8.07 Å². The molecule has 0 N–H and O–H groups in total. The van der Waals surface area contributed by atoms with Gasteiger partial charge in [-0.15, -0.1) is 0 Å². The van der Waals surface area contributed by atoms with E-state index in [1.54, 1.807) is 0 Å². The Morgan fingerprint density at radius 3 is 1.11 bits per heavy atom. The van der Waals surface area contributed by atoms with Gasteiger partial charge >= 0.3 is 0 Å². The zero-order valence-electron chi connectivity index (χ0n) is 21.0. The second-order valence-electron chi connectivity index (χ2n) is 10.4. The number of fused-ring (bicyclic) bond motifs is 9. The lowest BCUT2D eigenvalue weighted by molar-refractivity contribution is 0.774. The Kier molecular flexibility index (Phi) is 4.56. The summed E-state index contributed by atoms with van der Waals surface area (Å²) in [7, 11) is -2.61. The number of hydrogen-bond acceptors (Lipinski definition) is 0. The quantitative estimate of drug-likeness (QED) is 0.267. The predicted octanol–water partition coefficient (Wildman–Crippen LogP) is 5.74. The van der Waals surface area contributed by atoms with Gasteiger partial charge in [-0.1, -0.05) is 158 Å².